The van der Waals surface area contributed by atoms with Crippen LogP contribution in [0.3, 0.4) is 0 Å². The lowest BCUT2D eigenvalue weighted by Crippen LogP contribution is -2.43. The molecule has 0 spiro atoms. The summed E-state index contributed by atoms with van der Waals surface area (Å²) >= 11 is 0. The number of hydrogen-bond donors (Lipinski definition) is 2. The number of rotatable bonds is 9. The van der Waals surface area contributed by atoms with Crippen molar-refractivity contribution in [1.82, 2.24) is 34.8 Å². The zero-order valence-electron chi connectivity index (χ0n) is 19.7. The molecule has 37 heavy (non-hydrogen) atoms. The predicted octanol–water partition coefficient (Wildman–Crippen LogP) is 1.93. The van der Waals surface area contributed by atoms with Crippen LogP contribution in [0.4, 0.5) is 13.2 Å². The number of sulfonamides is 1. The highest BCUT2D eigenvalue weighted by Gasteiger charge is 2.46. The van der Waals surface area contributed by atoms with Crippen molar-refractivity contribution in [2.24, 2.45) is 0 Å². The second-order valence-corrected chi connectivity index (χ2v) is 9.53. The van der Waals surface area contributed by atoms with Gasteiger partial charge < -0.3 is 10.1 Å². The van der Waals surface area contributed by atoms with Crippen molar-refractivity contribution >= 4 is 15.9 Å². The number of aromatic nitrogens is 5. The van der Waals surface area contributed by atoms with Crippen LogP contribution < -0.4 is 14.8 Å². The first-order valence-corrected chi connectivity index (χ1v) is 12.1. The standard InChI is InChI=1S/C21H21F3N8O4S/c1-12(31-37(34,35)21(22,23)24)10-36-16-6-17(13(2)26-9-16)20(33)30-14(3)19-28-11-29-32(19)18-5-4-15(7-25)8-27-18/h4-6,8-9,11-12,14,31H,10H2,1-3H3,(H,30,33)/t12-,14?/m0/s1. The van der Waals surface area contributed by atoms with Gasteiger partial charge in [-0.15, -0.1) is 0 Å². The molecule has 0 aliphatic rings. The third-order valence-corrected chi connectivity index (χ3v) is 6.19. The van der Waals surface area contributed by atoms with Crippen LogP contribution in [-0.2, 0) is 10.0 Å². The largest absolute Gasteiger partial charge is 0.511 e. The van der Waals surface area contributed by atoms with Gasteiger partial charge in [0.15, 0.2) is 11.6 Å². The van der Waals surface area contributed by atoms with E-state index >= 15 is 0 Å². The maximum absolute atomic E-state index is 13.0. The number of ether oxygens (including phenoxy) is 1. The highest BCUT2D eigenvalue weighted by molar-refractivity contribution is 7.90. The molecule has 0 saturated carbocycles. The number of nitriles is 1. The van der Waals surface area contributed by atoms with Crippen molar-refractivity contribution in [3.05, 3.63) is 59.6 Å². The Bertz CT molecular complexity index is 1420. The number of amides is 1. The molecule has 0 aliphatic heterocycles. The Hall–Kier alpha value is -4.10. The van der Waals surface area contributed by atoms with Crippen molar-refractivity contribution in [1.29, 1.82) is 5.26 Å². The maximum Gasteiger partial charge on any atom is 0.511 e. The van der Waals surface area contributed by atoms with E-state index < -0.39 is 40.1 Å². The molecule has 0 fully saturated rings. The molecule has 3 rings (SSSR count). The lowest BCUT2D eigenvalue weighted by molar-refractivity contribution is -0.0451. The number of nitrogens with one attached hydrogen (secondary N) is 2. The average Bonchev–Trinajstić information content (AvgIpc) is 3.32. The molecule has 2 atom stereocenters. The first kappa shape index (κ1) is 27.5. The lowest BCUT2D eigenvalue weighted by Gasteiger charge is -2.17. The maximum atomic E-state index is 13.0. The van der Waals surface area contributed by atoms with Gasteiger partial charge in [0.25, 0.3) is 5.91 Å². The van der Waals surface area contributed by atoms with Gasteiger partial charge in [-0.25, -0.2) is 23.1 Å². The molecule has 0 aromatic carbocycles. The molecule has 2 N–H and O–H groups in total. The zero-order chi connectivity index (χ0) is 27.4. The topological polar surface area (TPSA) is 165 Å². The first-order chi connectivity index (χ1) is 17.3. The minimum atomic E-state index is -5.53. The Morgan fingerprint density at radius 2 is 1.95 bits per heavy atom. The number of nitrogens with zero attached hydrogens (tertiary/aromatic N) is 6. The molecule has 0 saturated heterocycles. The van der Waals surface area contributed by atoms with Gasteiger partial charge in [0.05, 0.1) is 35.1 Å². The number of halogens is 3. The zero-order valence-corrected chi connectivity index (χ0v) is 20.5. The van der Waals surface area contributed by atoms with E-state index in [-0.39, 0.29) is 11.3 Å². The SMILES string of the molecule is Cc1ncc(OC[C@H](C)NS(=O)(=O)C(F)(F)F)cc1C(=O)NC(C)c1ncnn1-c1ccc(C#N)cn1. The second kappa shape index (κ2) is 10.9. The summed E-state index contributed by atoms with van der Waals surface area (Å²) in [5.74, 6) is 0.243. The van der Waals surface area contributed by atoms with E-state index in [9.17, 15) is 26.4 Å². The van der Waals surface area contributed by atoms with E-state index in [1.165, 1.54) is 41.1 Å². The van der Waals surface area contributed by atoms with Gasteiger partial charge >= 0.3 is 15.5 Å². The summed E-state index contributed by atoms with van der Waals surface area (Å²) in [7, 11) is -5.53. The van der Waals surface area contributed by atoms with Gasteiger partial charge in [0.2, 0.25) is 0 Å². The molecular formula is C21H21F3N8O4S. The van der Waals surface area contributed by atoms with E-state index in [2.05, 4.69) is 25.4 Å². The highest BCUT2D eigenvalue weighted by Crippen LogP contribution is 2.22. The monoisotopic (exact) mass is 538 g/mol. The van der Waals surface area contributed by atoms with Crippen molar-refractivity contribution in [3.63, 3.8) is 0 Å². The summed E-state index contributed by atoms with van der Waals surface area (Å²) in [6.45, 7) is 3.99. The molecule has 3 heterocycles. The molecule has 12 nitrogen and oxygen atoms in total. The van der Waals surface area contributed by atoms with Crippen LogP contribution in [0.1, 0.15) is 47.3 Å². The molecule has 3 aromatic rings. The van der Waals surface area contributed by atoms with Gasteiger partial charge in [0.1, 0.15) is 24.8 Å². The molecule has 1 amide bonds. The third kappa shape index (κ3) is 6.57. The molecule has 3 aromatic heterocycles. The fourth-order valence-electron chi connectivity index (χ4n) is 3.05. The molecule has 16 heteroatoms. The first-order valence-electron chi connectivity index (χ1n) is 10.6. The summed E-state index contributed by atoms with van der Waals surface area (Å²) in [4.78, 5) is 25.4. The molecule has 196 valence electrons. The molecule has 1 unspecified atom stereocenters. The number of carbonyl (C=O) groups excluding carboxylic acids is 1. The minimum absolute atomic E-state index is 0.0476. The van der Waals surface area contributed by atoms with Crippen LogP contribution in [0.25, 0.3) is 5.82 Å². The van der Waals surface area contributed by atoms with E-state index in [0.29, 0.717) is 22.9 Å². The van der Waals surface area contributed by atoms with Gasteiger partial charge in [-0.2, -0.15) is 28.2 Å². The smallest absolute Gasteiger partial charge is 0.490 e. The summed E-state index contributed by atoms with van der Waals surface area (Å²) in [5, 5.41) is 15.8. The van der Waals surface area contributed by atoms with Crippen molar-refractivity contribution < 1.29 is 31.1 Å². The lowest BCUT2D eigenvalue weighted by atomic mass is 10.1. The average molecular weight is 539 g/mol. The Morgan fingerprint density at radius 1 is 1.22 bits per heavy atom. The van der Waals surface area contributed by atoms with Crippen LogP contribution in [0.2, 0.25) is 0 Å². The fraction of sp³-hybridized carbons (Fsp3) is 0.333. The van der Waals surface area contributed by atoms with E-state index in [4.69, 9.17) is 10.00 Å². The second-order valence-electron chi connectivity index (χ2n) is 7.83. The van der Waals surface area contributed by atoms with Crippen molar-refractivity contribution in [3.8, 4) is 17.6 Å². The third-order valence-electron chi connectivity index (χ3n) is 4.87. The van der Waals surface area contributed by atoms with E-state index in [1.807, 2.05) is 6.07 Å². The Morgan fingerprint density at radius 3 is 2.57 bits per heavy atom. The van der Waals surface area contributed by atoms with Crippen LogP contribution in [0.15, 0.2) is 36.9 Å². The van der Waals surface area contributed by atoms with Crippen molar-refractivity contribution in [2.75, 3.05) is 6.61 Å². The number of pyridine rings is 2. The van der Waals surface area contributed by atoms with Gasteiger partial charge in [-0.3, -0.25) is 9.78 Å². The summed E-state index contributed by atoms with van der Waals surface area (Å²) in [6, 6.07) is 4.58. The number of aryl methyl sites for hydroxylation is 1. The summed E-state index contributed by atoms with van der Waals surface area (Å²) in [6.07, 6.45) is 3.92. The van der Waals surface area contributed by atoms with Gasteiger partial charge in [-0.05, 0) is 39.0 Å². The van der Waals surface area contributed by atoms with E-state index in [1.54, 1.807) is 26.0 Å². The normalized spacial score (nSPS) is 13.4. The Labute approximate surface area is 209 Å². The van der Waals surface area contributed by atoms with Crippen LogP contribution >= 0.6 is 0 Å². The van der Waals surface area contributed by atoms with Crippen LogP contribution in [-0.4, -0.2) is 57.2 Å². The number of carbonyl (C=O) groups is 1. The molecular weight excluding hydrogens is 517 g/mol. The predicted molar refractivity (Wildman–Crippen MR) is 122 cm³/mol. The number of alkyl halides is 3. The highest BCUT2D eigenvalue weighted by atomic mass is 32.2. The minimum Gasteiger partial charge on any atom is -0.490 e. The fourth-order valence-corrected chi connectivity index (χ4v) is 3.78. The molecule has 0 bridgehead atoms. The summed E-state index contributed by atoms with van der Waals surface area (Å²) < 4.78 is 68.3. The quantitative estimate of drug-likeness (QED) is 0.414. The van der Waals surface area contributed by atoms with E-state index in [0.717, 1.165) is 0 Å². The van der Waals surface area contributed by atoms with Gasteiger partial charge in [0, 0.05) is 6.20 Å². The Kier molecular flexibility index (Phi) is 8.09. The summed E-state index contributed by atoms with van der Waals surface area (Å²) in [5.41, 5.74) is -4.62. The van der Waals surface area contributed by atoms with Gasteiger partial charge in [-0.1, -0.05) is 0 Å². The van der Waals surface area contributed by atoms with Crippen LogP contribution in [0.5, 0.6) is 5.75 Å². The molecule has 0 aliphatic carbocycles. The molecule has 0 radical (unpaired) electrons. The van der Waals surface area contributed by atoms with Crippen molar-refractivity contribution in [2.45, 2.75) is 38.4 Å². The van der Waals surface area contributed by atoms with Crippen LogP contribution in [0, 0.1) is 18.3 Å². The number of hydrogen-bond acceptors (Lipinski definition) is 9. The Balaban J connectivity index is 1.69.